The lowest BCUT2D eigenvalue weighted by Crippen LogP contribution is -2.41. The summed E-state index contributed by atoms with van der Waals surface area (Å²) in [5.74, 6) is -0.118. The minimum Gasteiger partial charge on any atom is -0.496 e. The zero-order valence-electron chi connectivity index (χ0n) is 11.4. The van der Waals surface area contributed by atoms with Gasteiger partial charge in [-0.1, -0.05) is 24.6 Å². The van der Waals surface area contributed by atoms with Gasteiger partial charge < -0.3 is 15.2 Å². The molecule has 4 nitrogen and oxygen atoms in total. The Morgan fingerprint density at radius 3 is 2.67 bits per heavy atom. The molecule has 0 amide bonds. The standard InChI is InChI=1S/C14H21NO3/c1-5-15-14(3,9-13(16)17)11-8-10(2)6-7-12(11)18-4/h6-8,15H,5,9H2,1-4H3,(H,16,17). The molecule has 0 aliphatic rings. The molecule has 100 valence electrons. The summed E-state index contributed by atoms with van der Waals surface area (Å²) in [6.45, 7) is 6.53. The number of aryl methyl sites for hydroxylation is 1. The quantitative estimate of drug-likeness (QED) is 0.814. The highest BCUT2D eigenvalue weighted by atomic mass is 16.5. The van der Waals surface area contributed by atoms with Crippen LogP contribution in [0.15, 0.2) is 18.2 Å². The largest absolute Gasteiger partial charge is 0.496 e. The SMILES string of the molecule is CCNC(C)(CC(=O)O)c1cc(C)ccc1OC. The van der Waals surface area contributed by atoms with E-state index < -0.39 is 11.5 Å². The molecule has 0 aliphatic heterocycles. The maximum atomic E-state index is 11.1. The van der Waals surface area contributed by atoms with Crippen molar-refractivity contribution in [3.05, 3.63) is 29.3 Å². The summed E-state index contributed by atoms with van der Waals surface area (Å²) in [4.78, 5) is 11.1. The van der Waals surface area contributed by atoms with Gasteiger partial charge in [0, 0.05) is 5.56 Å². The lowest BCUT2D eigenvalue weighted by Gasteiger charge is -2.31. The highest BCUT2D eigenvalue weighted by Crippen LogP contribution is 2.33. The van der Waals surface area contributed by atoms with Crippen LogP contribution in [0.5, 0.6) is 5.75 Å². The Labute approximate surface area is 108 Å². The number of nitrogens with one attached hydrogen (secondary N) is 1. The average molecular weight is 251 g/mol. The first-order valence-corrected chi connectivity index (χ1v) is 6.05. The zero-order chi connectivity index (χ0) is 13.8. The number of carboxylic acids is 1. The van der Waals surface area contributed by atoms with Crippen LogP contribution >= 0.6 is 0 Å². The third kappa shape index (κ3) is 3.23. The summed E-state index contributed by atoms with van der Waals surface area (Å²) < 4.78 is 5.34. The molecule has 0 saturated carbocycles. The lowest BCUT2D eigenvalue weighted by molar-refractivity contribution is -0.138. The van der Waals surface area contributed by atoms with Gasteiger partial charge in [0.25, 0.3) is 0 Å². The fourth-order valence-corrected chi connectivity index (χ4v) is 2.20. The maximum absolute atomic E-state index is 11.1. The molecule has 0 saturated heterocycles. The van der Waals surface area contributed by atoms with Gasteiger partial charge in [-0.2, -0.15) is 0 Å². The number of hydrogen-bond acceptors (Lipinski definition) is 3. The van der Waals surface area contributed by atoms with E-state index in [1.165, 1.54) is 0 Å². The highest BCUT2D eigenvalue weighted by molar-refractivity contribution is 5.69. The van der Waals surface area contributed by atoms with Gasteiger partial charge in [0.15, 0.2) is 0 Å². The molecule has 1 unspecified atom stereocenters. The van der Waals surface area contributed by atoms with Gasteiger partial charge in [0.2, 0.25) is 0 Å². The van der Waals surface area contributed by atoms with Crippen molar-refractivity contribution in [3.63, 3.8) is 0 Å². The molecular weight excluding hydrogens is 230 g/mol. The van der Waals surface area contributed by atoms with Crippen molar-refractivity contribution in [3.8, 4) is 5.75 Å². The number of carbonyl (C=O) groups is 1. The van der Waals surface area contributed by atoms with Crippen LogP contribution in [-0.2, 0) is 10.3 Å². The molecule has 2 N–H and O–H groups in total. The van der Waals surface area contributed by atoms with Crippen LogP contribution in [0.4, 0.5) is 0 Å². The van der Waals surface area contributed by atoms with E-state index in [1.807, 2.05) is 39.0 Å². The van der Waals surface area contributed by atoms with Crippen LogP contribution in [0.25, 0.3) is 0 Å². The maximum Gasteiger partial charge on any atom is 0.305 e. The highest BCUT2D eigenvalue weighted by Gasteiger charge is 2.31. The summed E-state index contributed by atoms with van der Waals surface area (Å²) in [5, 5.41) is 12.3. The van der Waals surface area contributed by atoms with Crippen molar-refractivity contribution < 1.29 is 14.6 Å². The summed E-state index contributed by atoms with van der Waals surface area (Å²) in [6, 6.07) is 5.81. The molecule has 0 radical (unpaired) electrons. The van der Waals surface area contributed by atoms with Gasteiger partial charge in [-0.05, 0) is 26.5 Å². The number of aliphatic carboxylic acids is 1. The first-order valence-electron chi connectivity index (χ1n) is 6.05. The minimum atomic E-state index is -0.831. The Hall–Kier alpha value is -1.55. The summed E-state index contributed by atoms with van der Waals surface area (Å²) >= 11 is 0. The van der Waals surface area contributed by atoms with E-state index in [-0.39, 0.29) is 6.42 Å². The molecule has 18 heavy (non-hydrogen) atoms. The minimum absolute atomic E-state index is 0.0145. The number of hydrogen-bond donors (Lipinski definition) is 2. The van der Waals surface area contributed by atoms with Gasteiger partial charge in [-0.15, -0.1) is 0 Å². The molecule has 1 aromatic rings. The van der Waals surface area contributed by atoms with Crippen molar-refractivity contribution in [1.82, 2.24) is 5.32 Å². The van der Waals surface area contributed by atoms with Gasteiger partial charge in [0.1, 0.15) is 5.75 Å². The molecule has 0 aliphatic carbocycles. The lowest BCUT2D eigenvalue weighted by atomic mass is 9.87. The van der Waals surface area contributed by atoms with E-state index in [4.69, 9.17) is 9.84 Å². The number of benzene rings is 1. The third-order valence-corrected chi connectivity index (χ3v) is 3.02. The number of rotatable bonds is 6. The number of carboxylic acid groups (broad SMARTS) is 1. The summed E-state index contributed by atoms with van der Waals surface area (Å²) in [6.07, 6.45) is 0.0145. The van der Waals surface area contributed by atoms with Crippen LogP contribution in [0, 0.1) is 6.92 Å². The van der Waals surface area contributed by atoms with E-state index in [1.54, 1.807) is 7.11 Å². The topological polar surface area (TPSA) is 58.6 Å². The third-order valence-electron chi connectivity index (χ3n) is 3.02. The Morgan fingerprint density at radius 2 is 2.17 bits per heavy atom. The predicted molar refractivity (Wildman–Crippen MR) is 71.0 cm³/mol. The fraction of sp³-hybridized carbons (Fsp3) is 0.500. The normalized spacial score (nSPS) is 14.0. The second-order valence-electron chi connectivity index (χ2n) is 4.64. The Morgan fingerprint density at radius 1 is 1.50 bits per heavy atom. The molecule has 0 bridgehead atoms. The van der Waals surface area contributed by atoms with Gasteiger partial charge in [0.05, 0.1) is 19.1 Å². The van der Waals surface area contributed by atoms with Crippen LogP contribution in [0.3, 0.4) is 0 Å². The van der Waals surface area contributed by atoms with Crippen molar-refractivity contribution in [2.24, 2.45) is 0 Å². The second kappa shape index (κ2) is 5.87. The van der Waals surface area contributed by atoms with Gasteiger partial charge in [-0.25, -0.2) is 0 Å². The Balaban J connectivity index is 3.27. The van der Waals surface area contributed by atoms with E-state index >= 15 is 0 Å². The van der Waals surface area contributed by atoms with E-state index in [0.717, 1.165) is 11.1 Å². The van der Waals surface area contributed by atoms with Crippen LogP contribution in [-0.4, -0.2) is 24.7 Å². The van der Waals surface area contributed by atoms with E-state index in [9.17, 15) is 4.79 Å². The zero-order valence-corrected chi connectivity index (χ0v) is 11.4. The average Bonchev–Trinajstić information content (AvgIpc) is 2.28. The van der Waals surface area contributed by atoms with Crippen LogP contribution < -0.4 is 10.1 Å². The smallest absolute Gasteiger partial charge is 0.305 e. The van der Waals surface area contributed by atoms with Gasteiger partial charge >= 0.3 is 5.97 Å². The molecule has 4 heteroatoms. The van der Waals surface area contributed by atoms with E-state index in [0.29, 0.717) is 12.3 Å². The van der Waals surface area contributed by atoms with Crippen molar-refractivity contribution in [2.45, 2.75) is 32.7 Å². The van der Waals surface area contributed by atoms with Crippen molar-refractivity contribution in [2.75, 3.05) is 13.7 Å². The summed E-state index contributed by atoms with van der Waals surface area (Å²) in [5.41, 5.74) is 1.34. The second-order valence-corrected chi connectivity index (χ2v) is 4.64. The fourth-order valence-electron chi connectivity index (χ4n) is 2.20. The van der Waals surface area contributed by atoms with Crippen molar-refractivity contribution in [1.29, 1.82) is 0 Å². The van der Waals surface area contributed by atoms with E-state index in [2.05, 4.69) is 5.32 Å². The summed E-state index contributed by atoms with van der Waals surface area (Å²) in [7, 11) is 1.60. The molecular formula is C14H21NO3. The number of methoxy groups -OCH3 is 1. The molecule has 0 heterocycles. The monoisotopic (exact) mass is 251 g/mol. The molecule has 1 aromatic carbocycles. The first kappa shape index (κ1) is 14.5. The Kier molecular flexibility index (Phi) is 4.73. The van der Waals surface area contributed by atoms with Crippen molar-refractivity contribution >= 4 is 5.97 Å². The van der Waals surface area contributed by atoms with Gasteiger partial charge in [-0.3, -0.25) is 4.79 Å². The molecule has 0 aromatic heterocycles. The van der Waals surface area contributed by atoms with Crippen LogP contribution in [0.1, 0.15) is 31.4 Å². The molecule has 0 spiro atoms. The number of ether oxygens (including phenoxy) is 1. The first-order chi connectivity index (χ1) is 8.42. The predicted octanol–water partition coefficient (Wildman–Crippen LogP) is 2.30. The molecule has 0 fully saturated rings. The van der Waals surface area contributed by atoms with Crippen LogP contribution in [0.2, 0.25) is 0 Å². The Bertz CT molecular complexity index is 431. The molecule has 1 rings (SSSR count). The molecule has 1 atom stereocenters.